The Morgan fingerprint density at radius 3 is 1.95 bits per heavy atom. The van der Waals surface area contributed by atoms with Gasteiger partial charge in [0.05, 0.1) is 19.1 Å². The number of aliphatic hydroxyl groups excluding tert-OH is 2. The van der Waals surface area contributed by atoms with Gasteiger partial charge < -0.3 is 44.3 Å². The van der Waals surface area contributed by atoms with Crippen LogP contribution in [0.3, 0.4) is 0 Å². The molecule has 28 heteroatoms. The average Bonchev–Trinajstić information content (AvgIpc) is 3.23. The number of hydrogen-bond donors (Lipinski definition) is 8. The number of phosphoric acid groups is 5. The second kappa shape index (κ2) is 11.2. The smallest absolute Gasteiger partial charge is 0.387 e. The largest absolute Gasteiger partial charge is 0.490 e. The second-order valence-electron chi connectivity index (χ2n) is 6.92. The highest BCUT2D eigenvalue weighted by Gasteiger charge is 2.49. The van der Waals surface area contributed by atoms with Crippen molar-refractivity contribution in [1.82, 2.24) is 19.5 Å². The summed E-state index contributed by atoms with van der Waals surface area (Å²) in [6.45, 7) is -1.10. The number of ether oxygens (including phenoxy) is 1. The van der Waals surface area contributed by atoms with Crippen LogP contribution in [-0.2, 0) is 49.3 Å². The standard InChI is InChI=1S/C10H17N4O19P5/c15-7-6(29-10(8(7)16)14-4-13-5-1-11-3-12-9(5)14)2-28-35(20,21)31-37(24,25)33-38(26,27)32-36(22,23)30-34(17,18)19/h1,3-4,6-8,10,15-16H,2H2,(H,20,21)(H,22,23)(H,24,25)(H,26,27)(H2,17,18,19)/t6-,7-,8-,10-/m1/s1. The fourth-order valence-electron chi connectivity index (χ4n) is 2.83. The number of phosphoric ester groups is 1. The highest BCUT2D eigenvalue weighted by Crippen LogP contribution is 2.73. The monoisotopic (exact) mass is 652 g/mol. The van der Waals surface area contributed by atoms with E-state index in [9.17, 15) is 47.7 Å². The van der Waals surface area contributed by atoms with Gasteiger partial charge in [-0.3, -0.25) is 9.09 Å². The molecule has 216 valence electrons. The topological polar surface area (TPSA) is 346 Å². The van der Waals surface area contributed by atoms with E-state index in [1.807, 2.05) is 0 Å². The van der Waals surface area contributed by atoms with Crippen LogP contribution < -0.4 is 0 Å². The lowest BCUT2D eigenvalue weighted by Crippen LogP contribution is -2.33. The molecule has 3 heterocycles. The highest BCUT2D eigenvalue weighted by atomic mass is 31.3. The molecule has 0 spiro atoms. The van der Waals surface area contributed by atoms with Crippen LogP contribution in [0.15, 0.2) is 18.9 Å². The molecule has 0 amide bonds. The minimum atomic E-state index is -6.25. The first kappa shape index (κ1) is 31.7. The first-order valence-electron chi connectivity index (χ1n) is 9.20. The summed E-state index contributed by atoms with van der Waals surface area (Å²) in [5.41, 5.74) is 0.474. The Bertz CT molecular complexity index is 1410. The van der Waals surface area contributed by atoms with Crippen LogP contribution >= 0.6 is 39.1 Å². The summed E-state index contributed by atoms with van der Waals surface area (Å²) in [5, 5.41) is 20.5. The van der Waals surface area contributed by atoms with Gasteiger partial charge in [-0.1, -0.05) is 0 Å². The molecule has 0 aliphatic carbocycles. The summed E-state index contributed by atoms with van der Waals surface area (Å²) in [4.78, 5) is 65.9. The predicted octanol–water partition coefficient (Wildman–Crippen LogP) is -0.977. The molecule has 0 bridgehead atoms. The fourth-order valence-corrected chi connectivity index (χ4v) is 8.72. The molecule has 1 aliphatic heterocycles. The SMILES string of the molecule is O=P(O)(O)OP(=O)(O)OP(=O)(O)OP(=O)(O)OP(=O)(O)OC[C@H]1O[C@@H](n2cnc3cncnc32)[C@H](O)[C@@H]1O. The summed E-state index contributed by atoms with van der Waals surface area (Å²) >= 11 is 0. The van der Waals surface area contributed by atoms with Crippen molar-refractivity contribution in [3.63, 3.8) is 0 Å². The van der Waals surface area contributed by atoms with Gasteiger partial charge in [-0.05, 0) is 0 Å². The Balaban J connectivity index is 1.62. The molecule has 0 aromatic carbocycles. The van der Waals surface area contributed by atoms with Crippen LogP contribution in [0.2, 0.25) is 0 Å². The zero-order chi connectivity index (χ0) is 28.7. The third kappa shape index (κ3) is 8.57. The minimum absolute atomic E-state index is 0.182. The lowest BCUT2D eigenvalue weighted by molar-refractivity contribution is -0.0503. The van der Waals surface area contributed by atoms with Crippen LogP contribution in [0.5, 0.6) is 0 Å². The van der Waals surface area contributed by atoms with E-state index in [0.29, 0.717) is 5.52 Å². The number of aliphatic hydroxyl groups is 2. The maximum atomic E-state index is 12.0. The van der Waals surface area contributed by atoms with Crippen molar-refractivity contribution in [1.29, 1.82) is 0 Å². The third-order valence-corrected chi connectivity index (χ3v) is 11.2. The molecule has 0 radical (unpaired) electrons. The quantitative estimate of drug-likeness (QED) is 0.128. The van der Waals surface area contributed by atoms with Crippen LogP contribution in [0, 0.1) is 0 Å². The fraction of sp³-hybridized carbons (Fsp3) is 0.500. The van der Waals surface area contributed by atoms with Crippen molar-refractivity contribution in [3.05, 3.63) is 18.9 Å². The zero-order valence-electron chi connectivity index (χ0n) is 17.8. The van der Waals surface area contributed by atoms with Crippen LogP contribution in [0.1, 0.15) is 6.23 Å². The molecule has 23 nitrogen and oxygen atoms in total. The first-order valence-corrected chi connectivity index (χ1v) is 16.7. The normalized spacial score (nSPS) is 28.8. The van der Waals surface area contributed by atoms with Crippen molar-refractivity contribution < 1.29 is 88.9 Å². The molecule has 3 rings (SSSR count). The molecule has 1 aliphatic rings. The van der Waals surface area contributed by atoms with E-state index in [2.05, 4.69) is 36.7 Å². The van der Waals surface area contributed by atoms with Crippen molar-refractivity contribution >= 4 is 50.3 Å². The van der Waals surface area contributed by atoms with Gasteiger partial charge in [0, 0.05) is 0 Å². The van der Waals surface area contributed by atoms with E-state index in [0.717, 1.165) is 6.33 Å². The van der Waals surface area contributed by atoms with Gasteiger partial charge in [-0.15, -0.1) is 0 Å². The molecule has 2 aromatic rings. The van der Waals surface area contributed by atoms with Gasteiger partial charge in [0.25, 0.3) is 0 Å². The van der Waals surface area contributed by atoms with E-state index in [-0.39, 0.29) is 5.65 Å². The van der Waals surface area contributed by atoms with E-state index in [4.69, 9.17) is 19.4 Å². The molecular formula is C10H17N4O19P5. The Kier molecular flexibility index (Phi) is 9.33. The Hall–Kier alpha value is -0.860. The van der Waals surface area contributed by atoms with Crippen molar-refractivity contribution in [3.8, 4) is 0 Å². The van der Waals surface area contributed by atoms with Crippen molar-refractivity contribution in [2.75, 3.05) is 6.61 Å². The van der Waals surface area contributed by atoms with Crippen LogP contribution in [0.25, 0.3) is 11.2 Å². The number of nitrogens with zero attached hydrogens (tertiary/aromatic N) is 4. The number of aromatic nitrogens is 4. The van der Waals surface area contributed by atoms with Gasteiger partial charge in [0.1, 0.15) is 30.2 Å². The molecule has 8 atom stereocenters. The summed E-state index contributed by atoms with van der Waals surface area (Å²) < 4.78 is 82.1. The van der Waals surface area contributed by atoms with Gasteiger partial charge in [-0.25, -0.2) is 37.8 Å². The summed E-state index contributed by atoms with van der Waals surface area (Å²) in [6.07, 6.45) is -2.66. The summed E-state index contributed by atoms with van der Waals surface area (Å²) in [6, 6.07) is 0. The van der Waals surface area contributed by atoms with Gasteiger partial charge in [0.15, 0.2) is 11.9 Å². The van der Waals surface area contributed by atoms with E-state index in [1.54, 1.807) is 0 Å². The second-order valence-corrected chi connectivity index (χ2v) is 14.5. The Morgan fingerprint density at radius 2 is 1.37 bits per heavy atom. The van der Waals surface area contributed by atoms with E-state index >= 15 is 0 Å². The first-order chi connectivity index (χ1) is 17.2. The molecular weight excluding hydrogens is 635 g/mol. The molecule has 1 fully saturated rings. The van der Waals surface area contributed by atoms with E-state index < -0.39 is 70.3 Å². The number of fused-ring (bicyclic) bond motifs is 1. The molecule has 2 aromatic heterocycles. The highest BCUT2D eigenvalue weighted by molar-refractivity contribution is 7.71. The molecule has 4 unspecified atom stereocenters. The lowest BCUT2D eigenvalue weighted by Gasteiger charge is -2.20. The van der Waals surface area contributed by atoms with Crippen LogP contribution in [-0.4, -0.2) is 84.0 Å². The van der Waals surface area contributed by atoms with Crippen molar-refractivity contribution in [2.45, 2.75) is 24.5 Å². The lowest BCUT2D eigenvalue weighted by atomic mass is 10.1. The Morgan fingerprint density at radius 1 is 0.816 bits per heavy atom. The van der Waals surface area contributed by atoms with Gasteiger partial charge in [0.2, 0.25) is 0 Å². The maximum Gasteiger partial charge on any atom is 0.490 e. The van der Waals surface area contributed by atoms with Gasteiger partial charge in [-0.2, -0.15) is 17.2 Å². The van der Waals surface area contributed by atoms with E-state index in [1.165, 1.54) is 17.1 Å². The maximum absolute atomic E-state index is 12.0. The number of imidazole rings is 1. The molecule has 0 saturated carbocycles. The summed E-state index contributed by atoms with van der Waals surface area (Å²) in [7, 11) is -30.0. The number of hydrogen-bond acceptors (Lipinski definition) is 16. The van der Waals surface area contributed by atoms with Gasteiger partial charge >= 0.3 is 39.1 Å². The summed E-state index contributed by atoms with van der Waals surface area (Å²) in [5.74, 6) is 0. The predicted molar refractivity (Wildman–Crippen MR) is 113 cm³/mol. The molecule has 1 saturated heterocycles. The zero-order valence-corrected chi connectivity index (χ0v) is 22.3. The number of rotatable bonds is 12. The minimum Gasteiger partial charge on any atom is -0.387 e. The molecule has 8 N–H and O–H groups in total. The molecule has 38 heavy (non-hydrogen) atoms. The van der Waals surface area contributed by atoms with Crippen molar-refractivity contribution in [2.24, 2.45) is 0 Å². The van der Waals surface area contributed by atoms with Crippen LogP contribution in [0.4, 0.5) is 0 Å². The Labute approximate surface area is 209 Å². The average molecular weight is 652 g/mol. The third-order valence-electron chi connectivity index (χ3n) is 4.08.